The first-order chi connectivity index (χ1) is 6.27. The Morgan fingerprint density at radius 1 is 1.23 bits per heavy atom. The normalized spacial score (nSPS) is 21.8. The van der Waals surface area contributed by atoms with Gasteiger partial charge in [0, 0.05) is 5.54 Å². The predicted molar refractivity (Wildman–Crippen MR) is 51.1 cm³/mol. The van der Waals surface area contributed by atoms with E-state index in [0.717, 1.165) is 12.8 Å². The Morgan fingerprint density at radius 2 is 1.85 bits per heavy atom. The fourth-order valence-electron chi connectivity index (χ4n) is 1.88. The highest BCUT2D eigenvalue weighted by Crippen LogP contribution is 2.24. The molecule has 0 aliphatic heterocycles. The summed E-state index contributed by atoms with van der Waals surface area (Å²) in [4.78, 5) is 0. The number of rotatable bonds is 3. The molecule has 74 valence electrons. The molecule has 0 saturated heterocycles. The zero-order valence-corrected chi connectivity index (χ0v) is 8.09. The van der Waals surface area contributed by atoms with Crippen molar-refractivity contribution in [2.75, 3.05) is 13.2 Å². The summed E-state index contributed by atoms with van der Waals surface area (Å²) in [7, 11) is 0. The summed E-state index contributed by atoms with van der Waals surface area (Å²) in [6.07, 6.45) is 7.06. The third-order valence-corrected chi connectivity index (χ3v) is 2.66. The molecule has 1 saturated carbocycles. The molecule has 0 aromatic heterocycles. The van der Waals surface area contributed by atoms with E-state index in [1.54, 1.807) is 0 Å². The molecule has 1 aliphatic rings. The molecule has 1 rings (SSSR count). The van der Waals surface area contributed by atoms with Gasteiger partial charge < -0.3 is 10.5 Å². The summed E-state index contributed by atoms with van der Waals surface area (Å²) in [6.45, 7) is 0.708. The van der Waals surface area contributed by atoms with E-state index in [9.17, 15) is 0 Å². The quantitative estimate of drug-likeness (QED) is 0.532. The minimum Gasteiger partial charge on any atom is -0.365 e. The number of hydrogen-bond acceptors (Lipinski definition) is 3. The molecule has 1 fully saturated rings. The predicted octanol–water partition coefficient (Wildman–Crippen LogP) is 1.58. The van der Waals surface area contributed by atoms with Gasteiger partial charge in [0.05, 0.1) is 12.7 Å². The Hall–Kier alpha value is -0.590. The summed E-state index contributed by atoms with van der Waals surface area (Å²) >= 11 is 0. The van der Waals surface area contributed by atoms with Crippen molar-refractivity contribution in [3.8, 4) is 6.07 Å². The molecule has 0 heterocycles. The summed E-state index contributed by atoms with van der Waals surface area (Å²) in [5.41, 5.74) is 6.01. The standard InChI is InChI=1S/C10H18N2O/c11-7-8-13-9-10(12)5-3-1-2-4-6-10/h1-6,8-9,12H2. The number of nitriles is 1. The number of ether oxygens (including phenoxy) is 1. The minimum atomic E-state index is -0.159. The number of hydrogen-bond donors (Lipinski definition) is 1. The van der Waals surface area contributed by atoms with Crippen LogP contribution in [0.4, 0.5) is 0 Å². The van der Waals surface area contributed by atoms with E-state index in [1.807, 2.05) is 6.07 Å². The third-order valence-electron chi connectivity index (χ3n) is 2.66. The monoisotopic (exact) mass is 182 g/mol. The maximum atomic E-state index is 8.32. The van der Waals surface area contributed by atoms with Crippen LogP contribution in [0.15, 0.2) is 0 Å². The molecule has 0 unspecified atom stereocenters. The summed E-state index contributed by atoms with van der Waals surface area (Å²) < 4.78 is 5.19. The van der Waals surface area contributed by atoms with Crippen molar-refractivity contribution in [3.63, 3.8) is 0 Å². The van der Waals surface area contributed by atoms with Crippen LogP contribution in [-0.4, -0.2) is 18.8 Å². The van der Waals surface area contributed by atoms with Gasteiger partial charge in [0.15, 0.2) is 0 Å². The first-order valence-electron chi connectivity index (χ1n) is 5.00. The highest BCUT2D eigenvalue weighted by Gasteiger charge is 2.26. The Labute approximate surface area is 79.9 Å². The second kappa shape index (κ2) is 5.21. The van der Waals surface area contributed by atoms with Crippen molar-refractivity contribution in [2.45, 2.75) is 44.1 Å². The molecule has 13 heavy (non-hydrogen) atoms. The molecule has 0 aromatic carbocycles. The van der Waals surface area contributed by atoms with Crippen molar-refractivity contribution >= 4 is 0 Å². The molecule has 0 spiro atoms. The van der Waals surface area contributed by atoms with Gasteiger partial charge in [0.2, 0.25) is 0 Å². The summed E-state index contributed by atoms with van der Waals surface area (Å²) in [5.74, 6) is 0. The van der Waals surface area contributed by atoms with E-state index in [1.165, 1.54) is 25.7 Å². The van der Waals surface area contributed by atoms with Crippen LogP contribution in [-0.2, 0) is 4.74 Å². The zero-order chi connectivity index (χ0) is 9.57. The number of nitrogens with zero attached hydrogens (tertiary/aromatic N) is 1. The minimum absolute atomic E-state index is 0.159. The van der Waals surface area contributed by atoms with Gasteiger partial charge in [-0.25, -0.2) is 0 Å². The van der Waals surface area contributed by atoms with Crippen LogP contribution in [0.1, 0.15) is 38.5 Å². The average Bonchev–Trinajstić information content (AvgIpc) is 2.31. The van der Waals surface area contributed by atoms with Gasteiger partial charge in [-0.15, -0.1) is 0 Å². The van der Waals surface area contributed by atoms with Crippen molar-refractivity contribution < 1.29 is 4.74 Å². The fourth-order valence-corrected chi connectivity index (χ4v) is 1.88. The highest BCUT2D eigenvalue weighted by molar-refractivity contribution is 4.86. The molecule has 0 radical (unpaired) electrons. The van der Waals surface area contributed by atoms with E-state index in [-0.39, 0.29) is 12.1 Å². The molecule has 0 atom stereocenters. The Morgan fingerprint density at radius 3 is 2.38 bits per heavy atom. The van der Waals surface area contributed by atoms with Crippen LogP contribution in [0.2, 0.25) is 0 Å². The maximum absolute atomic E-state index is 8.32. The van der Waals surface area contributed by atoms with Gasteiger partial charge in [0.25, 0.3) is 0 Å². The topological polar surface area (TPSA) is 59.0 Å². The van der Waals surface area contributed by atoms with Gasteiger partial charge in [-0.2, -0.15) is 5.26 Å². The van der Waals surface area contributed by atoms with E-state index in [4.69, 9.17) is 15.7 Å². The Kier molecular flexibility index (Phi) is 4.20. The van der Waals surface area contributed by atoms with Gasteiger partial charge in [-0.05, 0) is 12.8 Å². The third kappa shape index (κ3) is 3.75. The van der Waals surface area contributed by atoms with Crippen LogP contribution in [0, 0.1) is 11.3 Å². The maximum Gasteiger partial charge on any atom is 0.133 e. The van der Waals surface area contributed by atoms with Gasteiger partial charge >= 0.3 is 0 Å². The molecule has 3 nitrogen and oxygen atoms in total. The lowest BCUT2D eigenvalue weighted by molar-refractivity contribution is 0.100. The van der Waals surface area contributed by atoms with Crippen LogP contribution >= 0.6 is 0 Å². The molecular formula is C10H18N2O. The Bertz CT molecular complexity index is 178. The van der Waals surface area contributed by atoms with Crippen LogP contribution in [0.25, 0.3) is 0 Å². The van der Waals surface area contributed by atoms with Crippen LogP contribution in [0.5, 0.6) is 0 Å². The van der Waals surface area contributed by atoms with Crippen LogP contribution in [0.3, 0.4) is 0 Å². The van der Waals surface area contributed by atoms with Gasteiger partial charge in [0.1, 0.15) is 6.61 Å². The summed E-state index contributed by atoms with van der Waals surface area (Å²) in [6, 6.07) is 1.96. The molecule has 0 amide bonds. The summed E-state index contributed by atoms with van der Waals surface area (Å²) in [5, 5.41) is 8.32. The van der Waals surface area contributed by atoms with Crippen molar-refractivity contribution in [1.82, 2.24) is 0 Å². The van der Waals surface area contributed by atoms with E-state index in [0.29, 0.717) is 6.61 Å². The van der Waals surface area contributed by atoms with E-state index < -0.39 is 0 Å². The molecular weight excluding hydrogens is 164 g/mol. The molecule has 1 aliphatic carbocycles. The van der Waals surface area contributed by atoms with Gasteiger partial charge in [-0.1, -0.05) is 25.7 Å². The highest BCUT2D eigenvalue weighted by atomic mass is 16.5. The molecule has 2 N–H and O–H groups in total. The zero-order valence-electron chi connectivity index (χ0n) is 8.09. The molecule has 0 bridgehead atoms. The lowest BCUT2D eigenvalue weighted by Crippen LogP contribution is -2.44. The molecule has 3 heteroatoms. The van der Waals surface area contributed by atoms with E-state index >= 15 is 0 Å². The fraction of sp³-hybridized carbons (Fsp3) is 0.900. The van der Waals surface area contributed by atoms with Crippen molar-refractivity contribution in [1.29, 1.82) is 5.26 Å². The SMILES string of the molecule is N#CCOCC1(N)CCCCCC1. The average molecular weight is 182 g/mol. The Balaban J connectivity index is 2.30. The lowest BCUT2D eigenvalue weighted by Gasteiger charge is -2.27. The first kappa shape index (κ1) is 10.5. The van der Waals surface area contributed by atoms with Crippen LogP contribution < -0.4 is 5.73 Å². The first-order valence-corrected chi connectivity index (χ1v) is 5.00. The molecule has 0 aromatic rings. The van der Waals surface area contributed by atoms with Crippen molar-refractivity contribution in [2.24, 2.45) is 5.73 Å². The van der Waals surface area contributed by atoms with Crippen molar-refractivity contribution in [3.05, 3.63) is 0 Å². The largest absolute Gasteiger partial charge is 0.365 e. The lowest BCUT2D eigenvalue weighted by atomic mass is 9.93. The van der Waals surface area contributed by atoms with Gasteiger partial charge in [-0.3, -0.25) is 0 Å². The second-order valence-electron chi connectivity index (χ2n) is 3.93. The van der Waals surface area contributed by atoms with E-state index in [2.05, 4.69) is 0 Å². The second-order valence-corrected chi connectivity index (χ2v) is 3.93. The number of nitrogens with two attached hydrogens (primary N) is 1. The smallest absolute Gasteiger partial charge is 0.133 e.